The van der Waals surface area contributed by atoms with E-state index in [0.29, 0.717) is 23.5 Å². The molecule has 0 amide bonds. The average molecular weight is 220 g/mol. The molecule has 0 aliphatic heterocycles. The molecule has 0 aromatic carbocycles. The standard InChI is InChI=1S/C9H12N6O/c1-2-6(1)10-4-3-8-12-9(14-16-8)7-5-11-15-13-7/h5-6,10H,1-4H2,(H,11,13,15). The second kappa shape index (κ2) is 4.01. The van der Waals surface area contributed by atoms with Crippen molar-refractivity contribution in [3.05, 3.63) is 12.1 Å². The van der Waals surface area contributed by atoms with E-state index in [9.17, 15) is 0 Å². The lowest BCUT2D eigenvalue weighted by atomic mass is 10.4. The Morgan fingerprint density at radius 3 is 3.19 bits per heavy atom. The predicted molar refractivity (Wildman–Crippen MR) is 54.4 cm³/mol. The van der Waals surface area contributed by atoms with Crippen LogP contribution in [0.15, 0.2) is 10.7 Å². The van der Waals surface area contributed by atoms with E-state index < -0.39 is 0 Å². The minimum atomic E-state index is 0.482. The topological polar surface area (TPSA) is 92.5 Å². The minimum Gasteiger partial charge on any atom is -0.339 e. The lowest BCUT2D eigenvalue weighted by Gasteiger charge is -1.96. The quantitative estimate of drug-likeness (QED) is 0.745. The van der Waals surface area contributed by atoms with Crippen molar-refractivity contribution in [2.75, 3.05) is 6.54 Å². The van der Waals surface area contributed by atoms with E-state index >= 15 is 0 Å². The van der Waals surface area contributed by atoms with Crippen LogP contribution in [0.4, 0.5) is 0 Å². The normalized spacial score (nSPS) is 15.5. The molecule has 2 aromatic heterocycles. The van der Waals surface area contributed by atoms with Gasteiger partial charge in [0.2, 0.25) is 11.7 Å². The van der Waals surface area contributed by atoms with Gasteiger partial charge in [-0.15, -0.1) is 0 Å². The van der Waals surface area contributed by atoms with Crippen molar-refractivity contribution in [3.8, 4) is 11.5 Å². The van der Waals surface area contributed by atoms with Crippen LogP contribution >= 0.6 is 0 Å². The van der Waals surface area contributed by atoms with Crippen LogP contribution in [0.25, 0.3) is 11.5 Å². The van der Waals surface area contributed by atoms with E-state index in [0.717, 1.165) is 13.0 Å². The molecule has 0 spiro atoms. The van der Waals surface area contributed by atoms with Gasteiger partial charge < -0.3 is 9.84 Å². The predicted octanol–water partition coefficient (Wildman–Crippen LogP) is 0.149. The summed E-state index contributed by atoms with van der Waals surface area (Å²) < 4.78 is 5.11. The first-order valence-corrected chi connectivity index (χ1v) is 5.34. The smallest absolute Gasteiger partial charge is 0.228 e. The van der Waals surface area contributed by atoms with Crippen LogP contribution in [0.3, 0.4) is 0 Å². The first-order chi connectivity index (χ1) is 7.92. The molecule has 2 heterocycles. The van der Waals surface area contributed by atoms with Crippen molar-refractivity contribution in [3.63, 3.8) is 0 Å². The van der Waals surface area contributed by atoms with Crippen molar-refractivity contribution < 1.29 is 4.52 Å². The maximum atomic E-state index is 5.11. The molecule has 16 heavy (non-hydrogen) atoms. The highest BCUT2D eigenvalue weighted by atomic mass is 16.5. The molecule has 3 rings (SSSR count). The van der Waals surface area contributed by atoms with Gasteiger partial charge in [-0.25, -0.2) is 0 Å². The second-order valence-electron chi connectivity index (χ2n) is 3.85. The van der Waals surface area contributed by atoms with Gasteiger partial charge in [-0.3, -0.25) is 0 Å². The molecule has 1 fully saturated rings. The molecular weight excluding hydrogens is 208 g/mol. The largest absolute Gasteiger partial charge is 0.339 e. The number of hydrogen-bond acceptors (Lipinski definition) is 6. The van der Waals surface area contributed by atoms with Gasteiger partial charge in [0.1, 0.15) is 0 Å². The molecule has 7 heteroatoms. The number of hydrogen-bond donors (Lipinski definition) is 2. The Bertz CT molecular complexity index is 446. The Labute approximate surface area is 91.6 Å². The van der Waals surface area contributed by atoms with Crippen LogP contribution in [-0.4, -0.2) is 38.1 Å². The summed E-state index contributed by atoms with van der Waals surface area (Å²) in [6.45, 7) is 0.880. The first kappa shape index (κ1) is 9.46. The van der Waals surface area contributed by atoms with Gasteiger partial charge in [0, 0.05) is 19.0 Å². The first-order valence-electron chi connectivity index (χ1n) is 5.34. The highest BCUT2D eigenvalue weighted by Gasteiger charge is 2.20. The number of nitrogens with one attached hydrogen (secondary N) is 2. The highest BCUT2D eigenvalue weighted by molar-refractivity contribution is 5.44. The number of aromatic amines is 1. The van der Waals surface area contributed by atoms with Gasteiger partial charge in [0.15, 0.2) is 5.69 Å². The number of aromatic nitrogens is 5. The molecule has 2 N–H and O–H groups in total. The zero-order valence-corrected chi connectivity index (χ0v) is 8.68. The van der Waals surface area contributed by atoms with Crippen LogP contribution in [-0.2, 0) is 6.42 Å². The number of H-pyrrole nitrogens is 1. The molecule has 1 saturated carbocycles. The summed E-state index contributed by atoms with van der Waals surface area (Å²) in [4.78, 5) is 4.23. The summed E-state index contributed by atoms with van der Waals surface area (Å²) in [5.41, 5.74) is 0.602. The summed E-state index contributed by atoms with van der Waals surface area (Å²) >= 11 is 0. The van der Waals surface area contributed by atoms with E-state index in [2.05, 4.69) is 30.9 Å². The van der Waals surface area contributed by atoms with E-state index in [-0.39, 0.29) is 0 Å². The van der Waals surface area contributed by atoms with E-state index in [4.69, 9.17) is 4.52 Å². The van der Waals surface area contributed by atoms with Crippen LogP contribution < -0.4 is 5.32 Å². The molecule has 84 valence electrons. The van der Waals surface area contributed by atoms with Crippen molar-refractivity contribution in [2.45, 2.75) is 25.3 Å². The van der Waals surface area contributed by atoms with Gasteiger partial charge in [-0.1, -0.05) is 5.16 Å². The fourth-order valence-electron chi connectivity index (χ4n) is 1.44. The summed E-state index contributed by atoms with van der Waals surface area (Å²) in [5.74, 6) is 1.11. The zero-order chi connectivity index (χ0) is 10.8. The summed E-state index contributed by atoms with van der Waals surface area (Å²) in [5, 5.41) is 17.3. The monoisotopic (exact) mass is 220 g/mol. The van der Waals surface area contributed by atoms with Gasteiger partial charge in [-0.05, 0) is 12.8 Å². The third-order valence-corrected chi connectivity index (χ3v) is 2.46. The van der Waals surface area contributed by atoms with Crippen LogP contribution in [0, 0.1) is 0 Å². The van der Waals surface area contributed by atoms with Crippen LogP contribution in [0.5, 0.6) is 0 Å². The number of rotatable bonds is 5. The molecular formula is C9H12N6O. The zero-order valence-electron chi connectivity index (χ0n) is 8.68. The Hall–Kier alpha value is -1.76. The second-order valence-corrected chi connectivity index (χ2v) is 3.85. The SMILES string of the molecule is c1n[nH]nc1-c1noc(CCNC2CC2)n1. The molecule has 0 unspecified atom stereocenters. The van der Waals surface area contributed by atoms with Gasteiger partial charge in [0.25, 0.3) is 0 Å². The fraction of sp³-hybridized carbons (Fsp3) is 0.556. The molecule has 7 nitrogen and oxygen atoms in total. The maximum Gasteiger partial charge on any atom is 0.228 e. The third kappa shape index (κ3) is 2.08. The van der Waals surface area contributed by atoms with Crippen LogP contribution in [0.1, 0.15) is 18.7 Å². The minimum absolute atomic E-state index is 0.482. The summed E-state index contributed by atoms with van der Waals surface area (Å²) in [6, 6.07) is 0.706. The Kier molecular flexibility index (Phi) is 2.37. The average Bonchev–Trinajstić information content (AvgIpc) is 2.83. The Balaban J connectivity index is 1.59. The Morgan fingerprint density at radius 1 is 1.50 bits per heavy atom. The summed E-state index contributed by atoms with van der Waals surface area (Å²) in [6.07, 6.45) is 4.89. The fourth-order valence-corrected chi connectivity index (χ4v) is 1.44. The van der Waals surface area contributed by atoms with Crippen LogP contribution in [0.2, 0.25) is 0 Å². The van der Waals surface area contributed by atoms with E-state index in [1.165, 1.54) is 12.8 Å². The van der Waals surface area contributed by atoms with Crippen molar-refractivity contribution >= 4 is 0 Å². The van der Waals surface area contributed by atoms with E-state index in [1.54, 1.807) is 6.20 Å². The van der Waals surface area contributed by atoms with Crippen molar-refractivity contribution in [1.29, 1.82) is 0 Å². The van der Waals surface area contributed by atoms with Gasteiger partial charge >= 0.3 is 0 Å². The summed E-state index contributed by atoms with van der Waals surface area (Å²) in [7, 11) is 0. The van der Waals surface area contributed by atoms with E-state index in [1.807, 2.05) is 0 Å². The molecule has 1 aliphatic rings. The molecule has 0 radical (unpaired) electrons. The molecule has 0 atom stereocenters. The lowest BCUT2D eigenvalue weighted by molar-refractivity contribution is 0.376. The lowest BCUT2D eigenvalue weighted by Crippen LogP contribution is -2.19. The highest BCUT2D eigenvalue weighted by Crippen LogP contribution is 2.18. The maximum absolute atomic E-state index is 5.11. The Morgan fingerprint density at radius 2 is 2.44 bits per heavy atom. The number of nitrogens with zero attached hydrogens (tertiary/aromatic N) is 4. The molecule has 1 aliphatic carbocycles. The van der Waals surface area contributed by atoms with Gasteiger partial charge in [0.05, 0.1) is 6.20 Å². The molecule has 0 bridgehead atoms. The molecule has 0 saturated heterocycles. The molecule has 2 aromatic rings. The van der Waals surface area contributed by atoms with Crippen molar-refractivity contribution in [1.82, 2.24) is 30.9 Å². The third-order valence-electron chi connectivity index (χ3n) is 2.46. The van der Waals surface area contributed by atoms with Gasteiger partial charge in [-0.2, -0.15) is 20.4 Å². The van der Waals surface area contributed by atoms with Crippen molar-refractivity contribution in [2.24, 2.45) is 0 Å².